The number of carbonyl (C=O) groups is 2. The van der Waals surface area contributed by atoms with Gasteiger partial charge in [0.05, 0.1) is 19.6 Å². The van der Waals surface area contributed by atoms with Gasteiger partial charge in [-0.05, 0) is 12.8 Å². The number of aromatic nitrogens is 1. The molecule has 1 aromatic heterocycles. The lowest BCUT2D eigenvalue weighted by molar-refractivity contribution is -0.120. The molecule has 8 nitrogen and oxygen atoms in total. The summed E-state index contributed by atoms with van der Waals surface area (Å²) in [6.45, 7) is 0.336. The maximum Gasteiger partial charge on any atom is 0.349 e. The molecule has 1 aliphatic rings. The fraction of sp³-hybridized carbons (Fsp3) is 0.583. The number of sulfonamides is 1. The summed E-state index contributed by atoms with van der Waals surface area (Å²) in [4.78, 5) is 27.8. The molecule has 0 aliphatic carbocycles. The Morgan fingerprint density at radius 1 is 1.45 bits per heavy atom. The second kappa shape index (κ2) is 6.71. The Morgan fingerprint density at radius 3 is 2.82 bits per heavy atom. The molecule has 1 N–H and O–H groups in total. The largest absolute Gasteiger partial charge is 0.465 e. The van der Waals surface area contributed by atoms with Crippen LogP contribution in [0.5, 0.6) is 0 Å². The summed E-state index contributed by atoms with van der Waals surface area (Å²) in [6, 6.07) is -0.741. The molecule has 1 aliphatic heterocycles. The molecule has 1 saturated heterocycles. The number of anilines is 1. The van der Waals surface area contributed by atoms with E-state index in [1.54, 1.807) is 0 Å². The number of carbonyl (C=O) groups excluding carboxylic acids is 2. The van der Waals surface area contributed by atoms with Gasteiger partial charge in [0.15, 0.2) is 5.13 Å². The minimum atomic E-state index is -3.44. The highest BCUT2D eigenvalue weighted by molar-refractivity contribution is 7.88. The van der Waals surface area contributed by atoms with Crippen molar-refractivity contribution in [2.24, 2.45) is 0 Å². The molecular formula is C12H17N3O5S2. The third-order valence-electron chi connectivity index (χ3n) is 3.30. The fourth-order valence-corrected chi connectivity index (χ4v) is 4.14. The van der Waals surface area contributed by atoms with Gasteiger partial charge < -0.3 is 10.1 Å². The van der Waals surface area contributed by atoms with Crippen LogP contribution in [-0.2, 0) is 19.6 Å². The normalized spacial score (nSPS) is 19.6. The van der Waals surface area contributed by atoms with Gasteiger partial charge in [0.2, 0.25) is 15.9 Å². The molecule has 0 spiro atoms. The van der Waals surface area contributed by atoms with E-state index in [0.717, 1.165) is 30.4 Å². The Kier molecular flexibility index (Phi) is 5.14. The number of piperidine rings is 1. The zero-order chi connectivity index (χ0) is 16.3. The van der Waals surface area contributed by atoms with Crippen molar-refractivity contribution in [2.45, 2.75) is 25.3 Å². The van der Waals surface area contributed by atoms with Gasteiger partial charge in [-0.1, -0.05) is 17.8 Å². The first-order valence-electron chi connectivity index (χ1n) is 6.64. The van der Waals surface area contributed by atoms with Gasteiger partial charge >= 0.3 is 5.97 Å². The van der Waals surface area contributed by atoms with Crippen LogP contribution in [0.25, 0.3) is 0 Å². The summed E-state index contributed by atoms with van der Waals surface area (Å²) in [5, 5.41) is 2.81. The zero-order valence-corrected chi connectivity index (χ0v) is 13.9. The fourth-order valence-electron chi connectivity index (χ4n) is 2.28. The average molecular weight is 347 g/mol. The summed E-state index contributed by atoms with van der Waals surface area (Å²) in [6.07, 6.45) is 4.39. The number of rotatable bonds is 4. The molecule has 2 heterocycles. The highest BCUT2D eigenvalue weighted by Gasteiger charge is 2.34. The summed E-state index contributed by atoms with van der Waals surface area (Å²) < 4.78 is 29.3. The van der Waals surface area contributed by atoms with Crippen LogP contribution in [0.3, 0.4) is 0 Å². The van der Waals surface area contributed by atoms with Gasteiger partial charge in [0, 0.05) is 6.54 Å². The third-order valence-corrected chi connectivity index (χ3v) is 5.49. The van der Waals surface area contributed by atoms with Crippen molar-refractivity contribution < 1.29 is 22.7 Å². The van der Waals surface area contributed by atoms with E-state index in [1.807, 2.05) is 0 Å². The number of hydrogen-bond acceptors (Lipinski definition) is 7. The summed E-state index contributed by atoms with van der Waals surface area (Å²) in [5.74, 6) is -0.968. The lowest BCUT2D eigenvalue weighted by Crippen LogP contribution is -2.49. The lowest BCUT2D eigenvalue weighted by Gasteiger charge is -2.32. The molecule has 1 atom stereocenters. The number of methoxy groups -OCH3 is 1. The highest BCUT2D eigenvalue weighted by atomic mass is 32.2. The molecule has 0 saturated carbocycles. The first kappa shape index (κ1) is 16.8. The third kappa shape index (κ3) is 3.81. The summed E-state index contributed by atoms with van der Waals surface area (Å²) in [5.41, 5.74) is 0. The molecule has 1 unspecified atom stereocenters. The van der Waals surface area contributed by atoms with E-state index in [4.69, 9.17) is 0 Å². The number of hydrogen-bond donors (Lipinski definition) is 1. The number of esters is 1. The Morgan fingerprint density at radius 2 is 2.18 bits per heavy atom. The second-order valence-electron chi connectivity index (χ2n) is 4.90. The van der Waals surface area contributed by atoms with Crippen molar-refractivity contribution in [1.82, 2.24) is 9.29 Å². The van der Waals surface area contributed by atoms with Gasteiger partial charge in [0.1, 0.15) is 10.9 Å². The maximum absolute atomic E-state index is 12.3. The van der Waals surface area contributed by atoms with E-state index < -0.39 is 27.9 Å². The van der Waals surface area contributed by atoms with Crippen molar-refractivity contribution in [3.8, 4) is 0 Å². The van der Waals surface area contributed by atoms with E-state index >= 15 is 0 Å². The van der Waals surface area contributed by atoms with Gasteiger partial charge in [-0.3, -0.25) is 4.79 Å². The van der Waals surface area contributed by atoms with E-state index in [9.17, 15) is 18.0 Å². The Bertz CT molecular complexity index is 670. The van der Waals surface area contributed by atoms with Crippen molar-refractivity contribution in [2.75, 3.05) is 25.2 Å². The molecule has 122 valence electrons. The van der Waals surface area contributed by atoms with Crippen molar-refractivity contribution >= 4 is 38.4 Å². The van der Waals surface area contributed by atoms with E-state index in [-0.39, 0.29) is 10.0 Å². The van der Waals surface area contributed by atoms with Crippen LogP contribution in [0.15, 0.2) is 6.20 Å². The number of nitrogens with zero attached hydrogens (tertiary/aromatic N) is 2. The monoisotopic (exact) mass is 347 g/mol. The Labute approximate surface area is 132 Å². The Hall–Kier alpha value is -1.52. The molecule has 1 fully saturated rings. The van der Waals surface area contributed by atoms with Crippen LogP contribution in [0, 0.1) is 0 Å². The molecule has 1 aromatic rings. The molecule has 1 amide bonds. The van der Waals surface area contributed by atoms with Gasteiger partial charge in [-0.25, -0.2) is 18.2 Å². The number of thiazole rings is 1. The minimum absolute atomic E-state index is 0.240. The van der Waals surface area contributed by atoms with Crippen LogP contribution < -0.4 is 5.32 Å². The molecule has 10 heteroatoms. The predicted octanol–water partition coefficient (Wildman–Crippen LogP) is 0.682. The average Bonchev–Trinajstić information content (AvgIpc) is 2.94. The lowest BCUT2D eigenvalue weighted by atomic mass is 10.0. The standard InChI is InChI=1S/C12H17N3O5S2/c1-20-11(17)9-7-13-12(21-9)14-10(16)8-5-3-4-6-15(8)22(2,18)19/h7-8H,3-6H2,1-2H3,(H,13,14,16). The number of ether oxygens (including phenoxy) is 1. The van der Waals surface area contributed by atoms with E-state index in [1.165, 1.54) is 17.6 Å². The molecular weight excluding hydrogens is 330 g/mol. The topological polar surface area (TPSA) is 106 Å². The number of nitrogens with one attached hydrogen (secondary N) is 1. The molecule has 0 bridgehead atoms. The second-order valence-corrected chi connectivity index (χ2v) is 7.86. The van der Waals surface area contributed by atoms with Crippen molar-refractivity contribution in [1.29, 1.82) is 0 Å². The van der Waals surface area contributed by atoms with Crippen LogP contribution in [-0.4, -0.2) is 55.5 Å². The van der Waals surface area contributed by atoms with Crippen LogP contribution in [0.2, 0.25) is 0 Å². The first-order valence-corrected chi connectivity index (χ1v) is 9.31. The molecule has 22 heavy (non-hydrogen) atoms. The highest BCUT2D eigenvalue weighted by Crippen LogP contribution is 2.23. The van der Waals surface area contributed by atoms with Gasteiger partial charge in [0.25, 0.3) is 0 Å². The van der Waals surface area contributed by atoms with Crippen LogP contribution in [0.1, 0.15) is 28.9 Å². The predicted molar refractivity (Wildman–Crippen MR) is 81.3 cm³/mol. The quantitative estimate of drug-likeness (QED) is 0.803. The summed E-state index contributed by atoms with van der Waals surface area (Å²) in [7, 11) is -2.19. The van der Waals surface area contributed by atoms with Crippen LogP contribution in [0.4, 0.5) is 5.13 Å². The summed E-state index contributed by atoms with van der Waals surface area (Å²) >= 11 is 0.981. The van der Waals surface area contributed by atoms with Gasteiger partial charge in [-0.2, -0.15) is 4.31 Å². The van der Waals surface area contributed by atoms with Crippen molar-refractivity contribution in [3.63, 3.8) is 0 Å². The van der Waals surface area contributed by atoms with E-state index in [0.29, 0.717) is 13.0 Å². The first-order chi connectivity index (χ1) is 10.3. The molecule has 0 radical (unpaired) electrons. The Balaban J connectivity index is 2.10. The SMILES string of the molecule is COC(=O)c1cnc(NC(=O)C2CCCCN2S(C)(=O)=O)s1. The number of amides is 1. The smallest absolute Gasteiger partial charge is 0.349 e. The molecule has 0 aromatic carbocycles. The van der Waals surface area contributed by atoms with E-state index in [2.05, 4.69) is 15.0 Å². The minimum Gasteiger partial charge on any atom is -0.465 e. The van der Waals surface area contributed by atoms with Gasteiger partial charge in [-0.15, -0.1) is 0 Å². The van der Waals surface area contributed by atoms with Crippen LogP contribution >= 0.6 is 11.3 Å². The maximum atomic E-state index is 12.3. The zero-order valence-electron chi connectivity index (χ0n) is 12.2. The molecule has 2 rings (SSSR count). The van der Waals surface area contributed by atoms with Crippen molar-refractivity contribution in [3.05, 3.63) is 11.1 Å².